The number of aryl methyl sites for hydroxylation is 3. The predicted octanol–water partition coefficient (Wildman–Crippen LogP) is 2.72. The van der Waals surface area contributed by atoms with E-state index in [1.807, 2.05) is 0 Å². The number of rotatable bonds is 3. The van der Waals surface area contributed by atoms with Crippen LogP contribution in [-0.2, 0) is 30.3 Å². The molecule has 1 fully saturated rings. The van der Waals surface area contributed by atoms with Crippen molar-refractivity contribution in [1.29, 1.82) is 0 Å². The first-order chi connectivity index (χ1) is 14.9. The maximum Gasteiger partial charge on any atom is 0.416 e. The van der Waals surface area contributed by atoms with Crippen LogP contribution >= 0.6 is 0 Å². The normalized spacial score (nSPS) is 16.1. The molecule has 0 amide bonds. The number of piperazine rings is 1. The Labute approximate surface area is 183 Å². The second-order valence-corrected chi connectivity index (χ2v) is 9.85. The number of benzene rings is 2. The van der Waals surface area contributed by atoms with Crippen LogP contribution in [0.25, 0.3) is 11.0 Å². The minimum Gasteiger partial charge on any atom is -0.369 e. The van der Waals surface area contributed by atoms with Gasteiger partial charge in [0.05, 0.1) is 21.5 Å². The van der Waals surface area contributed by atoms with Crippen molar-refractivity contribution in [3.63, 3.8) is 0 Å². The molecule has 0 spiro atoms. The summed E-state index contributed by atoms with van der Waals surface area (Å²) in [6.07, 6.45) is -4.44. The van der Waals surface area contributed by atoms with E-state index in [0.717, 1.165) is 12.1 Å². The Balaban J connectivity index is 1.59. The van der Waals surface area contributed by atoms with Crippen molar-refractivity contribution in [1.82, 2.24) is 13.4 Å². The number of alkyl halides is 3. The molecule has 11 heteroatoms. The van der Waals surface area contributed by atoms with Crippen molar-refractivity contribution in [2.45, 2.75) is 18.0 Å². The Morgan fingerprint density at radius 3 is 2.09 bits per heavy atom. The lowest BCUT2D eigenvalue weighted by molar-refractivity contribution is -0.137. The highest BCUT2D eigenvalue weighted by Crippen LogP contribution is 2.32. The first kappa shape index (κ1) is 22.4. The van der Waals surface area contributed by atoms with Crippen LogP contribution < -0.4 is 10.6 Å². The average Bonchev–Trinajstić information content (AvgIpc) is 2.96. The number of anilines is 1. The van der Waals surface area contributed by atoms with Crippen LogP contribution in [0.1, 0.15) is 11.1 Å². The first-order valence-electron chi connectivity index (χ1n) is 9.99. The van der Waals surface area contributed by atoms with Crippen molar-refractivity contribution in [3.8, 4) is 0 Å². The second kappa shape index (κ2) is 7.66. The highest BCUT2D eigenvalue weighted by molar-refractivity contribution is 7.89. The molecule has 3 aromatic rings. The van der Waals surface area contributed by atoms with E-state index < -0.39 is 21.8 Å². The fraction of sp³-hybridized carbons (Fsp3) is 0.381. The summed E-state index contributed by atoms with van der Waals surface area (Å²) in [5, 5.41) is 0. The molecule has 0 atom stereocenters. The number of halogens is 3. The largest absolute Gasteiger partial charge is 0.416 e. The zero-order valence-electron chi connectivity index (χ0n) is 17.8. The van der Waals surface area contributed by atoms with Gasteiger partial charge in [0.2, 0.25) is 10.0 Å². The average molecular weight is 469 g/mol. The van der Waals surface area contributed by atoms with Gasteiger partial charge in [-0.15, -0.1) is 0 Å². The monoisotopic (exact) mass is 468 g/mol. The number of imidazole rings is 1. The van der Waals surface area contributed by atoms with Gasteiger partial charge in [-0.1, -0.05) is 6.07 Å². The third-order valence-corrected chi connectivity index (χ3v) is 8.00. The molecule has 4 rings (SSSR count). The van der Waals surface area contributed by atoms with Crippen molar-refractivity contribution in [2.75, 3.05) is 31.1 Å². The van der Waals surface area contributed by atoms with Gasteiger partial charge in [-0.3, -0.25) is 9.13 Å². The smallest absolute Gasteiger partial charge is 0.369 e. The molecule has 1 aliphatic heterocycles. The van der Waals surface area contributed by atoms with Gasteiger partial charge in [0.25, 0.3) is 0 Å². The Hall–Kier alpha value is -2.79. The highest BCUT2D eigenvalue weighted by atomic mass is 32.2. The molecule has 0 N–H and O–H groups in total. The summed E-state index contributed by atoms with van der Waals surface area (Å²) in [6, 6.07) is 8.23. The van der Waals surface area contributed by atoms with E-state index in [1.165, 1.54) is 25.6 Å². The zero-order valence-corrected chi connectivity index (χ0v) is 18.7. The van der Waals surface area contributed by atoms with Crippen molar-refractivity contribution < 1.29 is 21.6 Å². The zero-order chi connectivity index (χ0) is 23.4. The van der Waals surface area contributed by atoms with Gasteiger partial charge in [-0.2, -0.15) is 17.5 Å². The van der Waals surface area contributed by atoms with E-state index in [4.69, 9.17) is 0 Å². The lowest BCUT2D eigenvalue weighted by Crippen LogP contribution is -2.48. The molecule has 2 aromatic carbocycles. The summed E-state index contributed by atoms with van der Waals surface area (Å²) in [5.74, 6) is 0. The molecular formula is C21H23F3N4O3S. The molecule has 0 radical (unpaired) electrons. The minimum absolute atomic E-state index is 0.124. The van der Waals surface area contributed by atoms with Crippen molar-refractivity contribution in [3.05, 3.63) is 58.0 Å². The molecule has 0 bridgehead atoms. The van der Waals surface area contributed by atoms with Crippen LogP contribution in [0.15, 0.2) is 46.1 Å². The Morgan fingerprint density at radius 2 is 1.50 bits per heavy atom. The molecule has 2 heterocycles. The van der Waals surface area contributed by atoms with Crippen LogP contribution in [0.3, 0.4) is 0 Å². The Morgan fingerprint density at radius 1 is 0.906 bits per heavy atom. The summed E-state index contributed by atoms with van der Waals surface area (Å²) >= 11 is 0. The van der Waals surface area contributed by atoms with Crippen molar-refractivity contribution in [2.24, 2.45) is 14.1 Å². The highest BCUT2D eigenvalue weighted by Gasteiger charge is 2.33. The lowest BCUT2D eigenvalue weighted by atomic mass is 10.1. The number of sulfonamides is 1. The van der Waals surface area contributed by atoms with Gasteiger partial charge in [-0.05, 0) is 42.8 Å². The number of fused-ring (bicyclic) bond motifs is 1. The summed E-state index contributed by atoms with van der Waals surface area (Å²) in [6.45, 7) is 2.51. The number of nitrogens with zero attached hydrogens (tertiary/aromatic N) is 4. The van der Waals surface area contributed by atoms with E-state index in [1.54, 1.807) is 38.1 Å². The third kappa shape index (κ3) is 3.69. The second-order valence-electron chi connectivity index (χ2n) is 7.95. The maximum atomic E-state index is 13.3. The fourth-order valence-electron chi connectivity index (χ4n) is 4.11. The SMILES string of the molecule is Cc1cc2c(cc1S(=O)(=O)N1CCN(c3cccc(C(F)(F)F)c3)CC1)n(C)c(=O)n2C. The number of hydrogen-bond acceptors (Lipinski definition) is 4. The Bertz CT molecular complexity index is 1350. The van der Waals surface area contributed by atoms with Crippen LogP contribution in [0, 0.1) is 6.92 Å². The quantitative estimate of drug-likeness (QED) is 0.593. The standard InChI is InChI=1S/C21H23F3N4O3S/c1-14-11-17-18(26(3)20(29)25(17)2)13-19(14)32(30,31)28-9-7-27(8-10-28)16-6-4-5-15(12-16)21(22,23)24/h4-6,11-13H,7-10H2,1-3H3. The van der Waals surface area contributed by atoms with Crippen LogP contribution in [-0.4, -0.2) is 48.0 Å². The molecule has 0 saturated carbocycles. The van der Waals surface area contributed by atoms with Crippen LogP contribution in [0.5, 0.6) is 0 Å². The summed E-state index contributed by atoms with van der Waals surface area (Å²) in [4.78, 5) is 14.1. The summed E-state index contributed by atoms with van der Waals surface area (Å²) < 4.78 is 70.0. The molecular weight excluding hydrogens is 445 g/mol. The van der Waals surface area contributed by atoms with E-state index in [0.29, 0.717) is 22.3 Å². The van der Waals surface area contributed by atoms with E-state index in [9.17, 15) is 26.4 Å². The van der Waals surface area contributed by atoms with Gasteiger partial charge in [-0.25, -0.2) is 13.2 Å². The topological polar surface area (TPSA) is 67.6 Å². The molecule has 1 aromatic heterocycles. The van der Waals surface area contributed by atoms with E-state index >= 15 is 0 Å². The molecule has 1 saturated heterocycles. The maximum absolute atomic E-state index is 13.3. The number of aromatic nitrogens is 2. The minimum atomic E-state index is -4.44. The van der Waals surface area contributed by atoms with E-state index in [-0.39, 0.29) is 36.8 Å². The molecule has 7 nitrogen and oxygen atoms in total. The molecule has 1 aliphatic rings. The molecule has 0 unspecified atom stereocenters. The lowest BCUT2D eigenvalue weighted by Gasteiger charge is -2.35. The third-order valence-electron chi connectivity index (χ3n) is 5.96. The van der Waals surface area contributed by atoms with Gasteiger partial charge in [0.1, 0.15) is 0 Å². The van der Waals surface area contributed by atoms with Crippen LogP contribution in [0.2, 0.25) is 0 Å². The van der Waals surface area contributed by atoms with Gasteiger partial charge in [0.15, 0.2) is 0 Å². The number of hydrogen-bond donors (Lipinski definition) is 0. The van der Waals surface area contributed by atoms with Crippen LogP contribution in [0.4, 0.5) is 18.9 Å². The fourth-order valence-corrected chi connectivity index (χ4v) is 5.76. The summed E-state index contributed by atoms with van der Waals surface area (Å²) in [7, 11) is -0.622. The molecule has 172 valence electrons. The van der Waals surface area contributed by atoms with Gasteiger partial charge >= 0.3 is 11.9 Å². The molecule has 32 heavy (non-hydrogen) atoms. The first-order valence-corrected chi connectivity index (χ1v) is 11.4. The van der Waals surface area contributed by atoms with Crippen molar-refractivity contribution >= 4 is 26.7 Å². The predicted molar refractivity (Wildman–Crippen MR) is 115 cm³/mol. The van der Waals surface area contributed by atoms with Gasteiger partial charge < -0.3 is 4.90 Å². The Kier molecular flexibility index (Phi) is 5.36. The van der Waals surface area contributed by atoms with Gasteiger partial charge in [0, 0.05) is 46.0 Å². The molecule has 0 aliphatic carbocycles. The summed E-state index contributed by atoms with van der Waals surface area (Å²) in [5.41, 5.74) is 1.12. The van der Waals surface area contributed by atoms with E-state index in [2.05, 4.69) is 0 Å².